The van der Waals surface area contributed by atoms with Gasteiger partial charge in [-0.15, -0.1) is 0 Å². The molecule has 0 amide bonds. The van der Waals surface area contributed by atoms with Gasteiger partial charge in [0.15, 0.2) is 16.9 Å². The topological polar surface area (TPSA) is 110 Å². The van der Waals surface area contributed by atoms with E-state index < -0.39 is 17.9 Å². The molecule has 0 aliphatic heterocycles. The molecule has 8 nitrogen and oxygen atoms in total. The minimum absolute atomic E-state index is 0.0837. The predicted molar refractivity (Wildman–Crippen MR) is 82.3 cm³/mol. The molecule has 23 heavy (non-hydrogen) atoms. The molecule has 0 aliphatic carbocycles. The number of aryl methyl sites for hydroxylation is 1. The van der Waals surface area contributed by atoms with Crippen molar-refractivity contribution in [1.82, 2.24) is 19.1 Å². The number of aromatic nitrogens is 4. The normalized spacial score (nSPS) is 11.0. The highest BCUT2D eigenvalue weighted by Crippen LogP contribution is 2.12. The third kappa shape index (κ3) is 2.49. The zero-order chi connectivity index (χ0) is 16.6. The molecular formula is C15H14N4O4. The first-order valence-electron chi connectivity index (χ1n) is 6.90. The standard InChI is InChI=1S/C15H14N4O4/c1-18-13-12(14(22)17-15(18)23)19(11(8-20)16-13)7-10(21)9-5-3-2-4-6-9/h2-6,20H,7-8H2,1H3,(H,17,22,23). The van der Waals surface area contributed by atoms with E-state index in [0.29, 0.717) is 5.56 Å². The Morgan fingerprint density at radius 1 is 1.26 bits per heavy atom. The predicted octanol–water partition coefficient (Wildman–Crippen LogP) is -0.202. The van der Waals surface area contributed by atoms with Gasteiger partial charge in [0.25, 0.3) is 5.56 Å². The van der Waals surface area contributed by atoms with E-state index in [9.17, 15) is 19.5 Å². The number of aliphatic hydroxyl groups excluding tert-OH is 1. The Morgan fingerprint density at radius 3 is 2.61 bits per heavy atom. The van der Waals surface area contributed by atoms with Crippen LogP contribution >= 0.6 is 0 Å². The molecule has 0 saturated carbocycles. The van der Waals surface area contributed by atoms with Crippen molar-refractivity contribution < 1.29 is 9.90 Å². The van der Waals surface area contributed by atoms with Crippen LogP contribution in [0.4, 0.5) is 0 Å². The number of ketones is 1. The van der Waals surface area contributed by atoms with E-state index in [-0.39, 0.29) is 29.3 Å². The van der Waals surface area contributed by atoms with Gasteiger partial charge in [-0.3, -0.25) is 19.1 Å². The molecule has 0 spiro atoms. The number of imidazole rings is 1. The molecule has 2 aromatic heterocycles. The fourth-order valence-electron chi connectivity index (χ4n) is 2.43. The second kappa shape index (κ2) is 5.65. The lowest BCUT2D eigenvalue weighted by molar-refractivity contribution is 0.0970. The van der Waals surface area contributed by atoms with Gasteiger partial charge < -0.3 is 9.67 Å². The zero-order valence-electron chi connectivity index (χ0n) is 12.3. The summed E-state index contributed by atoms with van der Waals surface area (Å²) < 4.78 is 2.50. The summed E-state index contributed by atoms with van der Waals surface area (Å²) in [5.41, 5.74) is -0.550. The quantitative estimate of drug-likeness (QED) is 0.648. The molecule has 0 atom stereocenters. The van der Waals surface area contributed by atoms with Crippen molar-refractivity contribution >= 4 is 16.9 Å². The summed E-state index contributed by atoms with van der Waals surface area (Å²) in [7, 11) is 1.46. The highest BCUT2D eigenvalue weighted by Gasteiger charge is 2.19. The molecule has 3 aromatic rings. The molecular weight excluding hydrogens is 300 g/mol. The minimum atomic E-state index is -0.642. The Bertz CT molecular complexity index is 998. The van der Waals surface area contributed by atoms with Gasteiger partial charge in [-0.25, -0.2) is 9.78 Å². The zero-order valence-corrected chi connectivity index (χ0v) is 12.3. The SMILES string of the molecule is Cn1c(=O)[nH]c(=O)c2c1nc(CO)n2CC(=O)c1ccccc1. The lowest BCUT2D eigenvalue weighted by Gasteiger charge is -2.06. The number of hydrogen-bond donors (Lipinski definition) is 2. The summed E-state index contributed by atoms with van der Waals surface area (Å²) in [6.45, 7) is -0.609. The van der Waals surface area contributed by atoms with Crippen molar-refractivity contribution in [1.29, 1.82) is 0 Å². The number of rotatable bonds is 4. The van der Waals surface area contributed by atoms with Crippen LogP contribution in [0.25, 0.3) is 11.2 Å². The molecule has 3 rings (SSSR count). The number of nitrogens with zero attached hydrogens (tertiary/aromatic N) is 3. The highest BCUT2D eigenvalue weighted by molar-refractivity contribution is 5.96. The monoisotopic (exact) mass is 314 g/mol. The van der Waals surface area contributed by atoms with Gasteiger partial charge in [-0.2, -0.15) is 0 Å². The number of H-pyrrole nitrogens is 1. The lowest BCUT2D eigenvalue weighted by Crippen LogP contribution is -2.29. The van der Waals surface area contributed by atoms with Crippen LogP contribution in [0.5, 0.6) is 0 Å². The number of fused-ring (bicyclic) bond motifs is 1. The van der Waals surface area contributed by atoms with E-state index in [0.717, 1.165) is 0 Å². The Kier molecular flexibility index (Phi) is 3.67. The maximum atomic E-state index is 12.4. The van der Waals surface area contributed by atoms with Crippen LogP contribution in [0.3, 0.4) is 0 Å². The summed E-state index contributed by atoms with van der Waals surface area (Å²) in [6.07, 6.45) is 0. The first-order chi connectivity index (χ1) is 11.0. The van der Waals surface area contributed by atoms with Crippen LogP contribution in [-0.4, -0.2) is 30.0 Å². The van der Waals surface area contributed by atoms with Crippen molar-refractivity contribution in [2.75, 3.05) is 0 Å². The summed E-state index contributed by atoms with van der Waals surface area (Å²) in [5, 5.41) is 9.46. The molecule has 0 radical (unpaired) electrons. The van der Waals surface area contributed by atoms with E-state index in [1.54, 1.807) is 30.3 Å². The van der Waals surface area contributed by atoms with Crippen LogP contribution in [0.2, 0.25) is 0 Å². The van der Waals surface area contributed by atoms with Crippen LogP contribution in [0.1, 0.15) is 16.2 Å². The average molecular weight is 314 g/mol. The Balaban J connectivity index is 2.17. The fraction of sp³-hybridized carbons (Fsp3) is 0.200. The largest absolute Gasteiger partial charge is 0.388 e. The fourth-order valence-corrected chi connectivity index (χ4v) is 2.43. The minimum Gasteiger partial charge on any atom is -0.388 e. The number of carbonyl (C=O) groups is 1. The molecule has 0 saturated heterocycles. The van der Waals surface area contributed by atoms with Gasteiger partial charge in [0.2, 0.25) is 0 Å². The summed E-state index contributed by atoms with van der Waals surface area (Å²) in [6, 6.07) is 8.61. The van der Waals surface area contributed by atoms with Crippen LogP contribution in [-0.2, 0) is 20.2 Å². The number of hydrogen-bond acceptors (Lipinski definition) is 5. The van der Waals surface area contributed by atoms with E-state index in [1.807, 2.05) is 0 Å². The molecule has 8 heteroatoms. The molecule has 2 heterocycles. The number of Topliss-reactive ketones (excluding diaryl/α,β-unsaturated/α-hetero) is 1. The lowest BCUT2D eigenvalue weighted by atomic mass is 10.1. The molecule has 0 bridgehead atoms. The van der Waals surface area contributed by atoms with Crippen molar-refractivity contribution in [3.63, 3.8) is 0 Å². The number of aromatic amines is 1. The smallest absolute Gasteiger partial charge is 0.329 e. The first kappa shape index (κ1) is 14.9. The Hall–Kier alpha value is -3.00. The Labute approximate surface area is 129 Å². The van der Waals surface area contributed by atoms with E-state index in [4.69, 9.17) is 0 Å². The first-order valence-corrected chi connectivity index (χ1v) is 6.90. The van der Waals surface area contributed by atoms with Crippen LogP contribution in [0.15, 0.2) is 39.9 Å². The van der Waals surface area contributed by atoms with Crippen LogP contribution < -0.4 is 11.2 Å². The molecule has 0 unspecified atom stereocenters. The van der Waals surface area contributed by atoms with Gasteiger partial charge >= 0.3 is 5.69 Å². The summed E-state index contributed by atoms with van der Waals surface area (Å²) >= 11 is 0. The van der Waals surface area contributed by atoms with E-state index in [2.05, 4.69) is 9.97 Å². The Morgan fingerprint density at radius 2 is 1.96 bits per heavy atom. The highest BCUT2D eigenvalue weighted by atomic mass is 16.3. The van der Waals surface area contributed by atoms with Crippen molar-refractivity contribution in [2.45, 2.75) is 13.2 Å². The number of benzene rings is 1. The van der Waals surface area contributed by atoms with Gasteiger partial charge in [0.05, 0.1) is 6.54 Å². The van der Waals surface area contributed by atoms with Gasteiger partial charge in [0, 0.05) is 12.6 Å². The molecule has 1 aromatic carbocycles. The van der Waals surface area contributed by atoms with Crippen molar-refractivity contribution in [2.24, 2.45) is 7.05 Å². The molecule has 0 aliphatic rings. The van der Waals surface area contributed by atoms with E-state index >= 15 is 0 Å². The third-order valence-corrected chi connectivity index (χ3v) is 3.63. The third-order valence-electron chi connectivity index (χ3n) is 3.63. The number of nitrogens with one attached hydrogen (secondary N) is 1. The van der Waals surface area contributed by atoms with Crippen molar-refractivity contribution in [3.05, 3.63) is 62.6 Å². The van der Waals surface area contributed by atoms with Crippen LogP contribution in [0, 0.1) is 0 Å². The molecule has 118 valence electrons. The van der Waals surface area contributed by atoms with Gasteiger partial charge in [0.1, 0.15) is 12.4 Å². The average Bonchev–Trinajstić information content (AvgIpc) is 2.92. The summed E-state index contributed by atoms with van der Waals surface area (Å²) in [5.74, 6) is -0.0798. The number of carbonyl (C=O) groups excluding carboxylic acids is 1. The second-order valence-corrected chi connectivity index (χ2v) is 5.05. The van der Waals surface area contributed by atoms with Gasteiger partial charge in [-0.05, 0) is 0 Å². The van der Waals surface area contributed by atoms with E-state index in [1.165, 1.54) is 16.2 Å². The molecule has 2 N–H and O–H groups in total. The van der Waals surface area contributed by atoms with Gasteiger partial charge in [-0.1, -0.05) is 30.3 Å². The molecule has 0 fully saturated rings. The maximum Gasteiger partial charge on any atom is 0.329 e. The summed E-state index contributed by atoms with van der Waals surface area (Å²) in [4.78, 5) is 42.4. The maximum absolute atomic E-state index is 12.4. The number of aliphatic hydroxyl groups is 1. The van der Waals surface area contributed by atoms with Crippen molar-refractivity contribution in [3.8, 4) is 0 Å². The second-order valence-electron chi connectivity index (χ2n) is 5.05.